The summed E-state index contributed by atoms with van der Waals surface area (Å²) >= 11 is 0. The summed E-state index contributed by atoms with van der Waals surface area (Å²) in [5.74, 6) is 0. The maximum Gasteiger partial charge on any atom is 0.150 e. The molecule has 1 aromatic rings. The molecule has 2 rings (SSSR count). The van der Waals surface area contributed by atoms with Crippen molar-refractivity contribution in [2.45, 2.75) is 58.6 Å². The highest BCUT2D eigenvalue weighted by Gasteiger charge is 2.28. The second-order valence-corrected chi connectivity index (χ2v) is 7.43. The Balaban J connectivity index is 2.71. The van der Waals surface area contributed by atoms with Crippen LogP contribution < -0.4 is 5.32 Å². The average Bonchev–Trinajstić information content (AvgIpc) is 2.25. The van der Waals surface area contributed by atoms with Gasteiger partial charge in [-0.15, -0.1) is 0 Å². The molecular formula is C17H25NO. The standard InChI is InChI=1S/C17H25NO/c1-16(2,3)13-9-11-7-8-18-15(19)12(11)10-14(13)17(4,5)6/h7-10,15,18-19H,1-6H3. The fourth-order valence-corrected chi connectivity index (χ4v) is 2.57. The molecule has 0 aliphatic carbocycles. The highest BCUT2D eigenvalue weighted by atomic mass is 16.3. The third kappa shape index (κ3) is 2.69. The highest BCUT2D eigenvalue weighted by Crippen LogP contribution is 2.37. The van der Waals surface area contributed by atoms with Gasteiger partial charge in [0, 0.05) is 5.56 Å². The number of fused-ring (bicyclic) bond motifs is 1. The third-order valence-electron chi connectivity index (χ3n) is 3.65. The number of hydrogen-bond acceptors (Lipinski definition) is 2. The van der Waals surface area contributed by atoms with Gasteiger partial charge in [-0.3, -0.25) is 0 Å². The van der Waals surface area contributed by atoms with Crippen molar-refractivity contribution in [3.8, 4) is 0 Å². The normalized spacial score (nSPS) is 19.0. The average molecular weight is 259 g/mol. The second-order valence-electron chi connectivity index (χ2n) is 7.43. The molecule has 19 heavy (non-hydrogen) atoms. The van der Waals surface area contributed by atoms with Crippen molar-refractivity contribution in [2.24, 2.45) is 0 Å². The summed E-state index contributed by atoms with van der Waals surface area (Å²) in [5, 5.41) is 13.0. The molecule has 1 aliphatic rings. The van der Waals surface area contributed by atoms with Crippen molar-refractivity contribution in [1.29, 1.82) is 0 Å². The SMILES string of the molecule is CC(C)(C)c1cc2c(cc1C(C)(C)C)C(O)NC=C2. The van der Waals surface area contributed by atoms with Gasteiger partial charge in [0.25, 0.3) is 0 Å². The van der Waals surface area contributed by atoms with Crippen molar-refractivity contribution in [1.82, 2.24) is 5.32 Å². The Kier molecular flexibility index (Phi) is 3.26. The molecule has 0 radical (unpaired) electrons. The first kappa shape index (κ1) is 14.1. The summed E-state index contributed by atoms with van der Waals surface area (Å²) in [4.78, 5) is 0. The van der Waals surface area contributed by atoms with Gasteiger partial charge in [-0.05, 0) is 45.9 Å². The van der Waals surface area contributed by atoms with Crippen LogP contribution in [0.15, 0.2) is 18.3 Å². The Morgan fingerprint density at radius 3 is 2.00 bits per heavy atom. The Morgan fingerprint density at radius 2 is 1.47 bits per heavy atom. The first-order valence-corrected chi connectivity index (χ1v) is 6.90. The minimum absolute atomic E-state index is 0.0680. The van der Waals surface area contributed by atoms with Gasteiger partial charge in [-0.25, -0.2) is 0 Å². The molecule has 0 aromatic heterocycles. The van der Waals surface area contributed by atoms with E-state index in [0.717, 1.165) is 11.1 Å². The molecular weight excluding hydrogens is 234 g/mol. The van der Waals surface area contributed by atoms with Crippen LogP contribution in [0.5, 0.6) is 0 Å². The van der Waals surface area contributed by atoms with E-state index in [9.17, 15) is 5.11 Å². The van der Waals surface area contributed by atoms with Crippen LogP contribution in [-0.4, -0.2) is 5.11 Å². The van der Waals surface area contributed by atoms with Crippen LogP contribution in [0.3, 0.4) is 0 Å². The lowest BCUT2D eigenvalue weighted by Crippen LogP contribution is -2.25. The van der Waals surface area contributed by atoms with Crippen molar-refractivity contribution in [3.05, 3.63) is 40.6 Å². The van der Waals surface area contributed by atoms with E-state index in [-0.39, 0.29) is 10.8 Å². The van der Waals surface area contributed by atoms with Crippen LogP contribution in [0.25, 0.3) is 6.08 Å². The molecule has 2 heteroatoms. The molecule has 104 valence electrons. The summed E-state index contributed by atoms with van der Waals surface area (Å²) in [7, 11) is 0. The lowest BCUT2D eigenvalue weighted by molar-refractivity contribution is 0.154. The monoisotopic (exact) mass is 259 g/mol. The summed E-state index contributed by atoms with van der Waals surface area (Å²) < 4.78 is 0. The third-order valence-corrected chi connectivity index (χ3v) is 3.65. The minimum Gasteiger partial charge on any atom is -0.369 e. The predicted molar refractivity (Wildman–Crippen MR) is 81.0 cm³/mol. The Labute approximate surface area is 116 Å². The zero-order valence-electron chi connectivity index (χ0n) is 12.8. The fraction of sp³-hybridized carbons (Fsp3) is 0.529. The highest BCUT2D eigenvalue weighted by molar-refractivity contribution is 5.60. The maximum atomic E-state index is 10.1. The van der Waals surface area contributed by atoms with Crippen LogP contribution in [0.4, 0.5) is 0 Å². The van der Waals surface area contributed by atoms with E-state index in [1.54, 1.807) is 0 Å². The van der Waals surface area contributed by atoms with Crippen LogP contribution in [0.1, 0.15) is 70.0 Å². The van der Waals surface area contributed by atoms with Gasteiger partial charge >= 0.3 is 0 Å². The summed E-state index contributed by atoms with van der Waals surface area (Å²) in [5.41, 5.74) is 4.93. The smallest absolute Gasteiger partial charge is 0.150 e. The summed E-state index contributed by atoms with van der Waals surface area (Å²) in [6.07, 6.45) is 3.25. The van der Waals surface area contributed by atoms with E-state index in [4.69, 9.17) is 0 Å². The molecule has 2 nitrogen and oxygen atoms in total. The molecule has 0 fully saturated rings. The van der Waals surface area contributed by atoms with Crippen molar-refractivity contribution < 1.29 is 5.11 Å². The minimum atomic E-state index is -0.602. The van der Waals surface area contributed by atoms with Crippen molar-refractivity contribution >= 4 is 6.08 Å². The number of aliphatic hydroxyl groups is 1. The molecule has 1 unspecified atom stereocenters. The van der Waals surface area contributed by atoms with Crippen molar-refractivity contribution in [2.75, 3.05) is 0 Å². The topological polar surface area (TPSA) is 32.3 Å². The molecule has 0 bridgehead atoms. The van der Waals surface area contributed by atoms with Gasteiger partial charge in [0.2, 0.25) is 0 Å². The number of benzene rings is 1. The molecule has 2 N–H and O–H groups in total. The van der Waals surface area contributed by atoms with E-state index in [0.29, 0.717) is 0 Å². The maximum absolute atomic E-state index is 10.1. The fourth-order valence-electron chi connectivity index (χ4n) is 2.57. The van der Waals surface area contributed by atoms with Crippen molar-refractivity contribution in [3.63, 3.8) is 0 Å². The van der Waals surface area contributed by atoms with E-state index in [1.807, 2.05) is 12.3 Å². The molecule has 0 amide bonds. The zero-order valence-corrected chi connectivity index (χ0v) is 12.8. The molecule has 1 atom stereocenters. The Bertz CT molecular complexity index is 515. The molecule has 1 aromatic carbocycles. The molecule has 1 heterocycles. The first-order chi connectivity index (χ1) is 8.60. The number of hydrogen-bond donors (Lipinski definition) is 2. The second kappa shape index (κ2) is 4.38. The van der Waals surface area contributed by atoms with Gasteiger partial charge in [0.15, 0.2) is 6.23 Å². The first-order valence-electron chi connectivity index (χ1n) is 6.90. The zero-order chi connectivity index (χ0) is 14.4. The summed E-state index contributed by atoms with van der Waals surface area (Å²) in [6.45, 7) is 13.4. The largest absolute Gasteiger partial charge is 0.369 e. The Morgan fingerprint density at radius 1 is 0.947 bits per heavy atom. The molecule has 1 aliphatic heterocycles. The number of nitrogens with one attached hydrogen (secondary N) is 1. The Hall–Kier alpha value is -1.28. The lowest BCUT2D eigenvalue weighted by atomic mass is 9.73. The van der Waals surface area contributed by atoms with Gasteiger partial charge in [-0.1, -0.05) is 47.6 Å². The van der Waals surface area contributed by atoms with E-state index >= 15 is 0 Å². The predicted octanol–water partition coefficient (Wildman–Crippen LogP) is 3.85. The van der Waals surface area contributed by atoms with Gasteiger partial charge in [0.05, 0.1) is 0 Å². The summed E-state index contributed by atoms with van der Waals surface area (Å²) in [6, 6.07) is 4.40. The lowest BCUT2D eigenvalue weighted by Gasteiger charge is -2.33. The molecule has 0 saturated carbocycles. The van der Waals surface area contributed by atoms with Crippen LogP contribution in [0, 0.1) is 0 Å². The van der Waals surface area contributed by atoms with E-state index in [1.165, 1.54) is 11.1 Å². The van der Waals surface area contributed by atoms with Gasteiger partial charge in [-0.2, -0.15) is 0 Å². The van der Waals surface area contributed by atoms with E-state index in [2.05, 4.69) is 59.0 Å². The molecule has 0 spiro atoms. The molecule has 0 saturated heterocycles. The van der Waals surface area contributed by atoms with Gasteiger partial charge < -0.3 is 10.4 Å². The quantitative estimate of drug-likeness (QED) is 0.742. The van der Waals surface area contributed by atoms with Crippen LogP contribution >= 0.6 is 0 Å². The number of rotatable bonds is 0. The van der Waals surface area contributed by atoms with Gasteiger partial charge in [0.1, 0.15) is 0 Å². The van der Waals surface area contributed by atoms with E-state index < -0.39 is 6.23 Å². The van der Waals surface area contributed by atoms with Crippen LogP contribution in [-0.2, 0) is 10.8 Å². The number of aliphatic hydroxyl groups excluding tert-OH is 1. The van der Waals surface area contributed by atoms with Crippen LogP contribution in [0.2, 0.25) is 0 Å².